The van der Waals surface area contributed by atoms with Crippen LogP contribution in [-0.4, -0.2) is 122 Å². The summed E-state index contributed by atoms with van der Waals surface area (Å²) < 4.78 is 48.5. The van der Waals surface area contributed by atoms with Gasteiger partial charge in [0.15, 0.2) is 6.29 Å². The van der Waals surface area contributed by atoms with Gasteiger partial charge in [0, 0.05) is 14.2 Å². The zero-order valence-electron chi connectivity index (χ0n) is 42.1. The molecule has 398 valence electrons. The van der Waals surface area contributed by atoms with E-state index in [1.54, 1.807) is 55.5 Å². The van der Waals surface area contributed by atoms with Gasteiger partial charge >= 0.3 is 24.4 Å². The van der Waals surface area contributed by atoms with Gasteiger partial charge in [-0.25, -0.2) is 19.2 Å². The maximum absolute atomic E-state index is 14.1. The second-order valence-corrected chi connectivity index (χ2v) is 18.1. The minimum atomic E-state index is -1.71. The van der Waals surface area contributed by atoms with Crippen LogP contribution in [0.2, 0.25) is 0 Å². The van der Waals surface area contributed by atoms with E-state index in [1.807, 2.05) is 103 Å². The Kier molecular flexibility index (Phi) is 20.8. The number of rotatable bonds is 21. The van der Waals surface area contributed by atoms with E-state index in [2.05, 4.69) is 21.3 Å². The molecule has 1 aliphatic heterocycles. The van der Waals surface area contributed by atoms with Gasteiger partial charge < -0.3 is 69.2 Å². The summed E-state index contributed by atoms with van der Waals surface area (Å²) >= 11 is 0. The Bertz CT molecular complexity index is 2550. The molecule has 0 aromatic heterocycles. The van der Waals surface area contributed by atoms with E-state index in [1.165, 1.54) is 19.1 Å². The molecule has 5 aromatic rings. The standard InChI is InChI=1S/C56H65N5O14/c1-37(58-54(65)71-34-40-23-13-6-14-24-40)44-30-29-43(59-55(66)72-35-41-25-15-7-16-26-41)52(74-44)75-49-46(60-56(67)73-36-42-27-17-8-18-28-42)50(69-32-38-19-9-4-10-20-38)51(68-3)47(48(49)63)61(2)45(62)31-57-53(64)70-33-39-21-11-5-12-22-39/h4-28,37,43-44,46-52,63H,29-36H2,1-3H3,(H,57,64)(H,58,65)(H,59,66)(H,60,67)/t37?,43-,44+,46+,47-,48+,49-,50-,51-,52-/m1/s1. The summed E-state index contributed by atoms with van der Waals surface area (Å²) in [6.45, 7) is 1.00. The lowest BCUT2D eigenvalue weighted by atomic mass is 9.80. The van der Waals surface area contributed by atoms with Crippen molar-refractivity contribution in [2.24, 2.45) is 0 Å². The summed E-state index contributed by atoms with van der Waals surface area (Å²) in [5, 5.41) is 23.9. The van der Waals surface area contributed by atoms with Gasteiger partial charge in [-0.15, -0.1) is 0 Å². The molecule has 10 atom stereocenters. The van der Waals surface area contributed by atoms with Crippen LogP contribution in [0.1, 0.15) is 47.6 Å². The molecule has 1 saturated heterocycles. The first-order valence-corrected chi connectivity index (χ1v) is 24.7. The van der Waals surface area contributed by atoms with Gasteiger partial charge in [0.1, 0.15) is 57.4 Å². The molecular weight excluding hydrogens is 967 g/mol. The molecule has 19 nitrogen and oxygen atoms in total. The van der Waals surface area contributed by atoms with Crippen LogP contribution in [0.4, 0.5) is 19.2 Å². The van der Waals surface area contributed by atoms with Crippen LogP contribution in [0.25, 0.3) is 0 Å². The first-order valence-electron chi connectivity index (χ1n) is 24.7. The highest BCUT2D eigenvalue weighted by atomic mass is 16.7. The molecule has 1 saturated carbocycles. The Morgan fingerprint density at radius 1 is 0.587 bits per heavy atom. The zero-order valence-corrected chi connectivity index (χ0v) is 42.1. The summed E-state index contributed by atoms with van der Waals surface area (Å²) in [6.07, 6.45) is -10.4. The van der Waals surface area contributed by atoms with Crippen LogP contribution in [0.3, 0.4) is 0 Å². The third-order valence-electron chi connectivity index (χ3n) is 12.9. The average Bonchev–Trinajstić information content (AvgIpc) is 3.44. The van der Waals surface area contributed by atoms with Crippen LogP contribution in [0.15, 0.2) is 152 Å². The number of amides is 5. The predicted molar refractivity (Wildman–Crippen MR) is 272 cm³/mol. The molecule has 19 heteroatoms. The van der Waals surface area contributed by atoms with Gasteiger partial charge in [-0.2, -0.15) is 0 Å². The van der Waals surface area contributed by atoms with Gasteiger partial charge in [0.05, 0.1) is 36.9 Å². The minimum Gasteiger partial charge on any atom is -0.445 e. The van der Waals surface area contributed by atoms with E-state index in [9.17, 15) is 29.1 Å². The number of carbonyl (C=O) groups is 5. The van der Waals surface area contributed by atoms with Gasteiger partial charge in [0.25, 0.3) is 0 Å². The number of nitrogens with one attached hydrogen (secondary N) is 4. The van der Waals surface area contributed by atoms with Gasteiger partial charge in [-0.1, -0.05) is 152 Å². The van der Waals surface area contributed by atoms with Gasteiger partial charge in [-0.3, -0.25) is 4.79 Å². The SMILES string of the molecule is CO[C@H]1[C@H](OCc2ccccc2)[C@@H](NC(=O)OCc2ccccc2)[C@@H](O[C@H]2O[C@H](C(C)NC(=O)OCc3ccccc3)CC[C@H]2NC(=O)OCc2ccccc2)[C@@H](O)[C@H]1N(C)C(=O)CNC(=O)OCc1ccccc1. The molecule has 7 rings (SSSR count). The van der Waals surface area contributed by atoms with E-state index >= 15 is 0 Å². The second kappa shape index (κ2) is 28.2. The Morgan fingerprint density at radius 3 is 1.51 bits per heavy atom. The first kappa shape index (κ1) is 55.2. The van der Waals surface area contributed by atoms with Crippen LogP contribution >= 0.6 is 0 Å². The molecule has 5 aromatic carbocycles. The van der Waals surface area contributed by atoms with E-state index < -0.39 is 97.8 Å². The van der Waals surface area contributed by atoms with Crippen molar-refractivity contribution in [2.75, 3.05) is 20.7 Å². The molecular formula is C56H65N5O14. The molecule has 2 aliphatic rings. The van der Waals surface area contributed by atoms with Crippen LogP contribution < -0.4 is 21.3 Å². The number of aliphatic hydroxyl groups is 1. The summed E-state index contributed by atoms with van der Waals surface area (Å²) in [4.78, 5) is 68.9. The monoisotopic (exact) mass is 1030 g/mol. The number of likely N-dealkylation sites (N-methyl/N-ethyl adjacent to an activating group) is 1. The number of methoxy groups -OCH3 is 1. The van der Waals surface area contributed by atoms with E-state index in [0.29, 0.717) is 12.0 Å². The molecule has 0 bridgehead atoms. The number of ether oxygens (including phenoxy) is 8. The number of hydrogen-bond donors (Lipinski definition) is 5. The molecule has 0 spiro atoms. The van der Waals surface area contributed by atoms with Gasteiger partial charge in [0.2, 0.25) is 5.91 Å². The van der Waals surface area contributed by atoms with E-state index in [-0.39, 0.29) is 39.5 Å². The van der Waals surface area contributed by atoms with E-state index in [0.717, 1.165) is 22.3 Å². The lowest BCUT2D eigenvalue weighted by Gasteiger charge is -2.52. The normalized spacial score (nSPS) is 22.5. The van der Waals surface area contributed by atoms with Crippen molar-refractivity contribution in [3.05, 3.63) is 179 Å². The second-order valence-electron chi connectivity index (χ2n) is 18.1. The predicted octanol–water partition coefficient (Wildman–Crippen LogP) is 6.51. The van der Waals surface area contributed by atoms with Crippen molar-refractivity contribution in [3.63, 3.8) is 0 Å². The Morgan fingerprint density at radius 2 is 1.03 bits per heavy atom. The Hall–Kier alpha value is -7.55. The highest BCUT2D eigenvalue weighted by molar-refractivity contribution is 5.82. The van der Waals surface area contributed by atoms with Crippen molar-refractivity contribution >= 4 is 30.3 Å². The summed E-state index contributed by atoms with van der Waals surface area (Å²) in [5.74, 6) is -0.652. The molecule has 2 fully saturated rings. The first-order chi connectivity index (χ1) is 36.4. The summed E-state index contributed by atoms with van der Waals surface area (Å²) in [6, 6.07) is 41.3. The lowest BCUT2D eigenvalue weighted by molar-refractivity contribution is -0.276. The fourth-order valence-corrected chi connectivity index (χ4v) is 8.88. The van der Waals surface area contributed by atoms with Crippen molar-refractivity contribution in [1.82, 2.24) is 26.2 Å². The van der Waals surface area contributed by atoms with Gasteiger partial charge in [-0.05, 0) is 47.6 Å². The quantitative estimate of drug-likeness (QED) is 0.0494. The molecule has 0 radical (unpaired) electrons. The van der Waals surface area contributed by atoms with Crippen molar-refractivity contribution in [1.29, 1.82) is 0 Å². The number of benzene rings is 5. The van der Waals surface area contributed by atoms with E-state index in [4.69, 9.17) is 37.9 Å². The van der Waals surface area contributed by atoms with Crippen LogP contribution in [-0.2, 0) is 75.7 Å². The largest absolute Gasteiger partial charge is 0.445 e. The van der Waals surface area contributed by atoms with Crippen molar-refractivity contribution in [3.8, 4) is 0 Å². The fraction of sp³-hybridized carbons (Fsp3) is 0.375. The van der Waals surface area contributed by atoms with Crippen molar-refractivity contribution in [2.45, 2.75) is 114 Å². The molecule has 5 N–H and O–H groups in total. The topological polar surface area (TPSA) is 231 Å². The maximum atomic E-state index is 14.1. The highest BCUT2D eigenvalue weighted by Crippen LogP contribution is 2.35. The summed E-state index contributed by atoms with van der Waals surface area (Å²) in [5.41, 5.74) is 3.73. The number of carbonyl (C=O) groups excluding carboxylic acids is 5. The minimum absolute atomic E-state index is 0.0202. The molecule has 75 heavy (non-hydrogen) atoms. The number of aliphatic hydroxyl groups excluding tert-OH is 1. The molecule has 1 heterocycles. The highest BCUT2D eigenvalue weighted by Gasteiger charge is 2.56. The van der Waals surface area contributed by atoms with Crippen molar-refractivity contribution < 1.29 is 67.0 Å². The van der Waals surface area contributed by atoms with Crippen LogP contribution in [0, 0.1) is 0 Å². The lowest BCUT2D eigenvalue weighted by Crippen LogP contribution is -2.74. The fourth-order valence-electron chi connectivity index (χ4n) is 8.88. The number of alkyl carbamates (subject to hydrolysis) is 4. The Labute approximate surface area is 436 Å². The smallest absolute Gasteiger partial charge is 0.407 e. The molecule has 5 amide bonds. The third-order valence-corrected chi connectivity index (χ3v) is 12.9. The maximum Gasteiger partial charge on any atom is 0.407 e. The number of nitrogens with zero attached hydrogens (tertiary/aromatic N) is 1. The third kappa shape index (κ3) is 16.5. The Balaban J connectivity index is 1.18. The summed E-state index contributed by atoms with van der Waals surface area (Å²) in [7, 11) is 2.80. The molecule has 1 unspecified atom stereocenters. The number of hydrogen-bond acceptors (Lipinski definition) is 14. The zero-order chi connectivity index (χ0) is 52.9. The average molecular weight is 1030 g/mol. The van der Waals surface area contributed by atoms with Crippen LogP contribution in [0.5, 0.6) is 0 Å². The molecule has 1 aliphatic carbocycles.